The van der Waals surface area contributed by atoms with Crippen LogP contribution < -0.4 is 0 Å². The van der Waals surface area contributed by atoms with Gasteiger partial charge in [-0.25, -0.2) is 0 Å². The monoisotopic (exact) mass is 208 g/mol. The van der Waals surface area contributed by atoms with Gasteiger partial charge in [-0.2, -0.15) is 0 Å². The van der Waals surface area contributed by atoms with Crippen LogP contribution in [0, 0.1) is 0 Å². The van der Waals surface area contributed by atoms with E-state index >= 15 is 0 Å². The zero-order valence-corrected chi connectivity index (χ0v) is 9.97. The molecule has 14 heavy (non-hydrogen) atoms. The predicted molar refractivity (Wildman–Crippen MR) is 63.7 cm³/mol. The van der Waals surface area contributed by atoms with Crippen LogP contribution in [-0.2, 0) is 0 Å². The Labute approximate surface area is 93.0 Å². The maximum atomic E-state index is 6.35. The van der Waals surface area contributed by atoms with Gasteiger partial charge in [-0.15, -0.1) is 0 Å². The number of likely N-dealkylation sites (N-methyl/N-ethyl adjacent to an activating group) is 2. The van der Waals surface area contributed by atoms with Crippen molar-refractivity contribution in [1.29, 1.82) is 0 Å². The molecule has 2 rings (SSSR count). The van der Waals surface area contributed by atoms with Crippen molar-refractivity contribution in [2.24, 2.45) is 0 Å². The van der Waals surface area contributed by atoms with Crippen LogP contribution in [0.25, 0.3) is 0 Å². The molecule has 1 aliphatic heterocycles. The Kier molecular flexibility index (Phi) is 2.29. The third kappa shape index (κ3) is 1.27. The average Bonchev–Trinajstić information content (AvgIpc) is 2.31. The van der Waals surface area contributed by atoms with Crippen LogP contribution in [0.1, 0.15) is 26.2 Å². The normalized spacial score (nSPS) is 42.9. The van der Waals surface area contributed by atoms with Gasteiger partial charge in [0, 0.05) is 20.1 Å². The molecule has 1 heterocycles. The molecule has 0 spiro atoms. The molecule has 3 atom stereocenters. The number of thiocarbonyl (C=S) groups is 1. The average molecular weight is 208 g/mol. The fraction of sp³-hybridized carbons (Fsp3) is 0.900. The van der Waals surface area contributed by atoms with Gasteiger partial charge in [0.1, 0.15) is 0 Å². The van der Waals surface area contributed by atoms with Gasteiger partial charge in [0.15, 0.2) is 5.11 Å². The van der Waals surface area contributed by atoms with Crippen LogP contribution in [0.2, 0.25) is 5.31 Å². The van der Waals surface area contributed by atoms with Crippen molar-refractivity contribution in [1.82, 2.24) is 9.80 Å². The van der Waals surface area contributed by atoms with Crippen LogP contribution in [0.4, 0.5) is 0 Å². The summed E-state index contributed by atoms with van der Waals surface area (Å²) in [5.74, 6) is 0. The summed E-state index contributed by atoms with van der Waals surface area (Å²) in [6, 6.07) is 0.921. The molecular weight excluding hydrogens is 191 g/mol. The molecule has 1 saturated carbocycles. The number of fused-ring (bicyclic) bond motifs is 1. The minimum absolute atomic E-state index is 0.0908. The highest BCUT2D eigenvalue weighted by molar-refractivity contribution is 7.80. The van der Waals surface area contributed by atoms with Gasteiger partial charge in [-0.05, 0) is 24.0 Å². The highest BCUT2D eigenvalue weighted by Crippen LogP contribution is 2.46. The molecule has 0 amide bonds. The molecule has 2 aliphatic rings. The number of hydrogen-bond donors (Lipinski definition) is 0. The highest BCUT2D eigenvalue weighted by atomic mass is 32.1. The summed E-state index contributed by atoms with van der Waals surface area (Å²) in [5, 5.41) is 0.852. The number of rotatable bonds is 0. The molecule has 1 aliphatic carbocycles. The maximum absolute atomic E-state index is 6.35. The summed E-state index contributed by atoms with van der Waals surface area (Å²) in [4.78, 5) is 4.39. The van der Waals surface area contributed by atoms with Crippen LogP contribution in [0.15, 0.2) is 0 Å². The molecule has 1 saturated heterocycles. The summed E-state index contributed by atoms with van der Waals surface area (Å²) in [6.45, 7) is 2.15. The summed E-state index contributed by atoms with van der Waals surface area (Å²) in [7, 11) is 10.5. The largest absolute Gasteiger partial charge is 0.347 e. The van der Waals surface area contributed by atoms with Crippen molar-refractivity contribution in [3.63, 3.8) is 0 Å². The van der Waals surface area contributed by atoms with Gasteiger partial charge in [-0.1, -0.05) is 19.8 Å². The third-order valence-electron chi connectivity index (χ3n) is 3.77. The lowest BCUT2D eigenvalue weighted by molar-refractivity contribution is 0.185. The van der Waals surface area contributed by atoms with E-state index in [1.54, 1.807) is 0 Å². The van der Waals surface area contributed by atoms with E-state index in [1.807, 2.05) is 0 Å². The first kappa shape index (κ1) is 10.3. The first-order chi connectivity index (χ1) is 6.45. The molecule has 0 aromatic rings. The van der Waals surface area contributed by atoms with E-state index in [-0.39, 0.29) is 5.31 Å². The smallest absolute Gasteiger partial charge is 0.171 e. The number of nitrogens with zero attached hydrogens (tertiary/aromatic N) is 2. The van der Waals surface area contributed by atoms with Crippen molar-refractivity contribution in [3.8, 4) is 0 Å². The van der Waals surface area contributed by atoms with Crippen molar-refractivity contribution < 1.29 is 0 Å². The van der Waals surface area contributed by atoms with Crippen LogP contribution >= 0.6 is 12.2 Å². The Hall–Kier alpha value is -0.245. The van der Waals surface area contributed by atoms with Crippen LogP contribution in [-0.4, -0.2) is 48.9 Å². The predicted octanol–water partition coefficient (Wildman–Crippen LogP) is 1.42. The lowest BCUT2D eigenvalue weighted by Crippen LogP contribution is -2.46. The molecule has 0 N–H and O–H groups in total. The topological polar surface area (TPSA) is 6.48 Å². The Balaban J connectivity index is 2.32. The Morgan fingerprint density at radius 1 is 1.43 bits per heavy atom. The van der Waals surface area contributed by atoms with Gasteiger partial charge < -0.3 is 9.80 Å². The molecule has 4 heteroatoms. The molecule has 2 fully saturated rings. The summed E-state index contributed by atoms with van der Waals surface area (Å²) in [6.07, 6.45) is 3.54. The van der Waals surface area contributed by atoms with Gasteiger partial charge >= 0.3 is 0 Å². The minimum atomic E-state index is -0.0908. The third-order valence-corrected chi connectivity index (χ3v) is 4.35. The zero-order chi connectivity index (χ0) is 10.5. The summed E-state index contributed by atoms with van der Waals surface area (Å²) in [5.41, 5.74) is 0. The Morgan fingerprint density at radius 2 is 2.07 bits per heavy atom. The minimum Gasteiger partial charge on any atom is -0.347 e. The van der Waals surface area contributed by atoms with Crippen molar-refractivity contribution >= 4 is 25.2 Å². The van der Waals surface area contributed by atoms with E-state index in [1.165, 1.54) is 12.8 Å². The Morgan fingerprint density at radius 3 is 2.64 bits per heavy atom. The number of hydrogen-bond acceptors (Lipinski definition) is 1. The zero-order valence-electron chi connectivity index (χ0n) is 9.16. The fourth-order valence-electron chi connectivity index (χ4n) is 3.05. The summed E-state index contributed by atoms with van der Waals surface area (Å²) < 4.78 is 0. The van der Waals surface area contributed by atoms with Crippen molar-refractivity contribution in [2.75, 3.05) is 14.1 Å². The molecule has 3 unspecified atom stereocenters. The van der Waals surface area contributed by atoms with Gasteiger partial charge in [-0.3, -0.25) is 0 Å². The van der Waals surface area contributed by atoms with E-state index in [2.05, 4.69) is 30.8 Å². The van der Waals surface area contributed by atoms with E-state index in [4.69, 9.17) is 20.1 Å². The van der Waals surface area contributed by atoms with Gasteiger partial charge in [0.05, 0.1) is 13.9 Å². The van der Waals surface area contributed by atoms with E-state index in [0.29, 0.717) is 12.1 Å². The second-order valence-electron chi connectivity index (χ2n) is 4.91. The van der Waals surface area contributed by atoms with Gasteiger partial charge in [0.25, 0.3) is 0 Å². The van der Waals surface area contributed by atoms with Crippen LogP contribution in [0.5, 0.6) is 0 Å². The highest BCUT2D eigenvalue weighted by Gasteiger charge is 2.48. The molecular formula is C10H17BN2S. The first-order valence-electron chi connectivity index (χ1n) is 5.23. The molecule has 76 valence electrons. The summed E-state index contributed by atoms with van der Waals surface area (Å²) >= 11 is 5.38. The quantitative estimate of drug-likeness (QED) is 0.439. The van der Waals surface area contributed by atoms with Crippen molar-refractivity contribution in [2.45, 2.75) is 43.6 Å². The SMILES string of the molecule is [B]C1(C)CCCC2C1N(C)C(=S)N2C. The lowest BCUT2D eigenvalue weighted by Gasteiger charge is -2.43. The molecule has 0 aromatic heterocycles. The van der Waals surface area contributed by atoms with E-state index in [0.717, 1.165) is 11.5 Å². The van der Waals surface area contributed by atoms with E-state index in [9.17, 15) is 0 Å². The first-order valence-corrected chi connectivity index (χ1v) is 5.64. The second-order valence-corrected chi connectivity index (χ2v) is 5.28. The fourth-order valence-corrected chi connectivity index (χ4v) is 3.30. The standard InChI is InChI=1S/C10H17BN2S/c1-10(11)6-4-5-7-8(10)13(3)9(14)12(7)2/h7-8H,4-6H2,1-3H3. The van der Waals surface area contributed by atoms with Crippen LogP contribution in [0.3, 0.4) is 0 Å². The molecule has 0 bridgehead atoms. The van der Waals surface area contributed by atoms with Gasteiger partial charge in [0.2, 0.25) is 0 Å². The van der Waals surface area contributed by atoms with E-state index < -0.39 is 0 Å². The molecule has 2 radical (unpaired) electrons. The second kappa shape index (κ2) is 3.12. The molecule has 0 aromatic carbocycles. The Bertz CT molecular complexity index is 267. The lowest BCUT2D eigenvalue weighted by atomic mass is 9.57. The maximum Gasteiger partial charge on any atom is 0.171 e. The van der Waals surface area contributed by atoms with Crippen molar-refractivity contribution in [3.05, 3.63) is 0 Å². The molecule has 2 nitrogen and oxygen atoms in total.